The Bertz CT molecular complexity index is 508. The topological polar surface area (TPSA) is 75.6 Å². The first-order valence-electron chi connectivity index (χ1n) is 6.56. The van der Waals surface area contributed by atoms with E-state index < -0.39 is 17.9 Å². The van der Waals surface area contributed by atoms with Crippen LogP contribution in [0.2, 0.25) is 0 Å². The minimum Gasteiger partial charge on any atom is -0.490 e. The number of allylic oxidation sites excluding steroid dienone is 1. The SMILES string of the molecule is C=CCCC(NC(=O)c1ccc(OCC=C)cc1)C(=O)O. The summed E-state index contributed by atoms with van der Waals surface area (Å²) in [5.74, 6) is -0.870. The number of aliphatic carboxylic acids is 1. The molecule has 1 rings (SSSR count). The number of amides is 1. The molecule has 0 saturated carbocycles. The van der Waals surface area contributed by atoms with Gasteiger partial charge in [0, 0.05) is 5.56 Å². The summed E-state index contributed by atoms with van der Waals surface area (Å²) in [5, 5.41) is 11.5. The molecule has 1 aromatic rings. The van der Waals surface area contributed by atoms with Crippen LogP contribution in [0.4, 0.5) is 0 Å². The smallest absolute Gasteiger partial charge is 0.326 e. The number of ether oxygens (including phenoxy) is 1. The highest BCUT2D eigenvalue weighted by Gasteiger charge is 2.19. The minimum absolute atomic E-state index is 0.311. The molecule has 112 valence electrons. The van der Waals surface area contributed by atoms with Crippen molar-refractivity contribution >= 4 is 11.9 Å². The zero-order valence-corrected chi connectivity index (χ0v) is 11.7. The highest BCUT2D eigenvalue weighted by Crippen LogP contribution is 2.12. The van der Waals surface area contributed by atoms with E-state index in [1.54, 1.807) is 36.4 Å². The Morgan fingerprint density at radius 1 is 1.24 bits per heavy atom. The van der Waals surface area contributed by atoms with Crippen molar-refractivity contribution in [1.82, 2.24) is 5.32 Å². The Morgan fingerprint density at radius 3 is 2.43 bits per heavy atom. The summed E-state index contributed by atoms with van der Waals surface area (Å²) in [6.07, 6.45) is 4.07. The van der Waals surface area contributed by atoms with Crippen LogP contribution in [0.25, 0.3) is 0 Å². The zero-order valence-electron chi connectivity index (χ0n) is 11.7. The average Bonchev–Trinajstić information content (AvgIpc) is 2.49. The molecule has 0 aromatic heterocycles. The van der Waals surface area contributed by atoms with E-state index in [2.05, 4.69) is 18.5 Å². The Hall–Kier alpha value is -2.56. The number of hydrogen-bond acceptors (Lipinski definition) is 3. The van der Waals surface area contributed by atoms with Gasteiger partial charge < -0.3 is 15.2 Å². The highest BCUT2D eigenvalue weighted by atomic mass is 16.5. The van der Waals surface area contributed by atoms with E-state index in [0.29, 0.717) is 30.8 Å². The first kappa shape index (κ1) is 16.5. The largest absolute Gasteiger partial charge is 0.490 e. The lowest BCUT2D eigenvalue weighted by molar-refractivity contribution is -0.139. The van der Waals surface area contributed by atoms with Crippen molar-refractivity contribution in [2.75, 3.05) is 6.61 Å². The molecule has 0 fully saturated rings. The molecule has 0 spiro atoms. The van der Waals surface area contributed by atoms with Gasteiger partial charge in [-0.1, -0.05) is 18.7 Å². The summed E-state index contributed by atoms with van der Waals surface area (Å²) >= 11 is 0. The molecule has 1 aromatic carbocycles. The van der Waals surface area contributed by atoms with Crippen LogP contribution < -0.4 is 10.1 Å². The first-order chi connectivity index (χ1) is 10.1. The van der Waals surface area contributed by atoms with Crippen LogP contribution >= 0.6 is 0 Å². The van der Waals surface area contributed by atoms with Gasteiger partial charge in [0.2, 0.25) is 0 Å². The average molecular weight is 289 g/mol. The predicted molar refractivity (Wildman–Crippen MR) is 80.5 cm³/mol. The van der Waals surface area contributed by atoms with Crippen molar-refractivity contribution < 1.29 is 19.4 Å². The van der Waals surface area contributed by atoms with Gasteiger partial charge in [-0.25, -0.2) is 4.79 Å². The molecular formula is C16H19NO4. The van der Waals surface area contributed by atoms with E-state index in [0.717, 1.165) is 0 Å². The van der Waals surface area contributed by atoms with E-state index in [1.165, 1.54) is 0 Å². The van der Waals surface area contributed by atoms with E-state index >= 15 is 0 Å². The Labute approximate surface area is 123 Å². The summed E-state index contributed by atoms with van der Waals surface area (Å²) in [6.45, 7) is 7.46. The molecule has 0 heterocycles. The van der Waals surface area contributed by atoms with E-state index in [-0.39, 0.29) is 0 Å². The molecule has 0 aliphatic rings. The summed E-state index contributed by atoms with van der Waals surface area (Å²) in [6, 6.07) is 5.54. The van der Waals surface area contributed by atoms with Crippen LogP contribution in [0.15, 0.2) is 49.6 Å². The van der Waals surface area contributed by atoms with Gasteiger partial charge in [-0.3, -0.25) is 4.79 Å². The predicted octanol–water partition coefficient (Wildman–Crippen LogP) is 2.40. The lowest BCUT2D eigenvalue weighted by Gasteiger charge is -2.13. The van der Waals surface area contributed by atoms with Gasteiger partial charge in [-0.05, 0) is 37.1 Å². The lowest BCUT2D eigenvalue weighted by Crippen LogP contribution is -2.40. The number of carboxylic acid groups (broad SMARTS) is 1. The van der Waals surface area contributed by atoms with Gasteiger partial charge in [0.05, 0.1) is 0 Å². The second-order valence-electron chi connectivity index (χ2n) is 4.35. The van der Waals surface area contributed by atoms with Crippen molar-refractivity contribution in [2.45, 2.75) is 18.9 Å². The van der Waals surface area contributed by atoms with Crippen LogP contribution in [0.1, 0.15) is 23.2 Å². The van der Waals surface area contributed by atoms with Gasteiger partial charge in [0.1, 0.15) is 18.4 Å². The molecule has 0 bridgehead atoms. The van der Waals surface area contributed by atoms with Crippen LogP contribution in [-0.4, -0.2) is 29.6 Å². The molecule has 21 heavy (non-hydrogen) atoms. The summed E-state index contributed by atoms with van der Waals surface area (Å²) in [4.78, 5) is 23.1. The molecule has 1 atom stereocenters. The van der Waals surface area contributed by atoms with Gasteiger partial charge in [-0.2, -0.15) is 0 Å². The van der Waals surface area contributed by atoms with E-state index in [4.69, 9.17) is 9.84 Å². The monoisotopic (exact) mass is 289 g/mol. The summed E-state index contributed by atoms with van der Waals surface area (Å²) in [7, 11) is 0. The number of carbonyl (C=O) groups excluding carboxylic acids is 1. The van der Waals surface area contributed by atoms with Gasteiger partial charge in [0.15, 0.2) is 0 Å². The third-order valence-corrected chi connectivity index (χ3v) is 2.75. The number of rotatable bonds is 9. The molecule has 0 aliphatic carbocycles. The third-order valence-electron chi connectivity index (χ3n) is 2.75. The number of hydrogen-bond donors (Lipinski definition) is 2. The van der Waals surface area contributed by atoms with Gasteiger partial charge in [-0.15, -0.1) is 6.58 Å². The van der Waals surface area contributed by atoms with Crippen molar-refractivity contribution in [3.05, 3.63) is 55.1 Å². The fraction of sp³-hybridized carbons (Fsp3) is 0.250. The Balaban J connectivity index is 2.66. The van der Waals surface area contributed by atoms with Gasteiger partial charge >= 0.3 is 5.97 Å². The lowest BCUT2D eigenvalue weighted by atomic mass is 10.1. The molecule has 1 unspecified atom stereocenters. The van der Waals surface area contributed by atoms with Crippen LogP contribution in [0, 0.1) is 0 Å². The van der Waals surface area contributed by atoms with Crippen molar-refractivity contribution in [1.29, 1.82) is 0 Å². The summed E-state index contributed by atoms with van der Waals surface area (Å²) in [5.41, 5.74) is 0.380. The fourth-order valence-electron chi connectivity index (χ4n) is 1.64. The number of nitrogens with one attached hydrogen (secondary N) is 1. The Morgan fingerprint density at radius 2 is 1.90 bits per heavy atom. The van der Waals surface area contributed by atoms with E-state index in [1.807, 2.05) is 0 Å². The fourth-order valence-corrected chi connectivity index (χ4v) is 1.64. The van der Waals surface area contributed by atoms with Crippen molar-refractivity contribution in [2.24, 2.45) is 0 Å². The molecular weight excluding hydrogens is 270 g/mol. The molecule has 0 aliphatic heterocycles. The van der Waals surface area contributed by atoms with E-state index in [9.17, 15) is 9.59 Å². The van der Waals surface area contributed by atoms with Crippen molar-refractivity contribution in [3.8, 4) is 5.75 Å². The second-order valence-corrected chi connectivity index (χ2v) is 4.35. The number of carboxylic acids is 1. The molecule has 0 radical (unpaired) electrons. The molecule has 5 heteroatoms. The zero-order chi connectivity index (χ0) is 15.7. The van der Waals surface area contributed by atoms with Gasteiger partial charge in [0.25, 0.3) is 5.91 Å². The third kappa shape index (κ3) is 5.52. The van der Waals surface area contributed by atoms with Crippen molar-refractivity contribution in [3.63, 3.8) is 0 Å². The summed E-state index contributed by atoms with van der Waals surface area (Å²) < 4.78 is 5.31. The normalized spacial score (nSPS) is 11.2. The second kappa shape index (κ2) is 8.58. The van der Waals surface area contributed by atoms with Crippen LogP contribution in [0.5, 0.6) is 5.75 Å². The standard InChI is InChI=1S/C16H19NO4/c1-3-5-6-14(16(19)20)17-15(18)12-7-9-13(10-8-12)21-11-4-2/h3-4,7-10,14H,1-2,5-6,11H2,(H,17,18)(H,19,20). The molecule has 0 saturated heterocycles. The Kier molecular flexibility index (Phi) is 6.74. The molecule has 1 amide bonds. The maximum Gasteiger partial charge on any atom is 0.326 e. The van der Waals surface area contributed by atoms with Crippen LogP contribution in [-0.2, 0) is 4.79 Å². The maximum absolute atomic E-state index is 12.0. The molecule has 2 N–H and O–H groups in total. The van der Waals surface area contributed by atoms with Crippen LogP contribution in [0.3, 0.4) is 0 Å². The quantitative estimate of drug-likeness (QED) is 0.684. The first-order valence-corrected chi connectivity index (χ1v) is 6.56. The maximum atomic E-state index is 12.0. The number of carbonyl (C=O) groups is 2. The molecule has 5 nitrogen and oxygen atoms in total. The highest BCUT2D eigenvalue weighted by molar-refractivity contribution is 5.96. The minimum atomic E-state index is -1.06. The number of benzene rings is 1.